The molecule has 114 valence electrons. The van der Waals surface area contributed by atoms with Gasteiger partial charge in [-0.25, -0.2) is 12.8 Å². The van der Waals surface area contributed by atoms with E-state index in [4.69, 9.17) is 15.4 Å². The number of ether oxygens (including phenoxy) is 1. The van der Waals surface area contributed by atoms with E-state index in [1.165, 1.54) is 0 Å². The second-order valence-electron chi connectivity index (χ2n) is 4.39. The summed E-state index contributed by atoms with van der Waals surface area (Å²) in [6.45, 7) is 2.36. The molecule has 0 saturated carbocycles. The van der Waals surface area contributed by atoms with Crippen LogP contribution in [0.5, 0.6) is 5.75 Å². The molecule has 0 amide bonds. The highest BCUT2D eigenvalue weighted by Gasteiger charge is 2.22. The van der Waals surface area contributed by atoms with Crippen molar-refractivity contribution in [1.82, 2.24) is 0 Å². The highest BCUT2D eigenvalue weighted by molar-refractivity contribution is 8.13. The largest absolute Gasteiger partial charge is 0.490 e. The molecule has 0 spiro atoms. The van der Waals surface area contributed by atoms with E-state index < -0.39 is 25.6 Å². The summed E-state index contributed by atoms with van der Waals surface area (Å²) in [6.07, 6.45) is 5.00. The molecule has 0 bridgehead atoms. The molecular formula is C13H17ClF2O3S. The van der Waals surface area contributed by atoms with Gasteiger partial charge in [0, 0.05) is 10.7 Å². The Morgan fingerprint density at radius 2 is 1.75 bits per heavy atom. The minimum absolute atomic E-state index is 0.257. The molecule has 0 radical (unpaired) electrons. The highest BCUT2D eigenvalue weighted by Crippen LogP contribution is 2.27. The van der Waals surface area contributed by atoms with Gasteiger partial charge in [-0.2, -0.15) is 4.39 Å². The van der Waals surface area contributed by atoms with Crippen LogP contribution in [-0.4, -0.2) is 15.0 Å². The molecule has 1 aromatic rings. The average molecular weight is 327 g/mol. The number of benzene rings is 1. The third kappa shape index (κ3) is 4.90. The van der Waals surface area contributed by atoms with Crippen LogP contribution in [0.2, 0.25) is 0 Å². The summed E-state index contributed by atoms with van der Waals surface area (Å²) in [6, 6.07) is 1.97. The predicted octanol–water partition coefficient (Wildman–Crippen LogP) is 4.24. The maximum Gasteiger partial charge on any atom is 0.264 e. The summed E-state index contributed by atoms with van der Waals surface area (Å²) in [5.74, 6) is -3.15. The van der Waals surface area contributed by atoms with Gasteiger partial charge in [-0.05, 0) is 18.6 Å². The standard InChI is InChI=1S/C13H17ClF2O3S/c1-2-3-4-5-6-9-19-10-7-8-11(20(14,17)18)13(16)12(10)15/h7-8H,2-6,9H2,1H3. The topological polar surface area (TPSA) is 43.4 Å². The second kappa shape index (κ2) is 7.78. The van der Waals surface area contributed by atoms with Gasteiger partial charge in [-0.1, -0.05) is 32.6 Å². The molecular weight excluding hydrogens is 310 g/mol. The van der Waals surface area contributed by atoms with Gasteiger partial charge in [-0.3, -0.25) is 0 Å². The van der Waals surface area contributed by atoms with E-state index in [1.807, 2.05) is 0 Å². The van der Waals surface area contributed by atoms with Crippen LogP contribution in [0, 0.1) is 11.6 Å². The van der Waals surface area contributed by atoms with Crippen LogP contribution in [0.3, 0.4) is 0 Å². The molecule has 1 rings (SSSR count). The number of hydrogen-bond donors (Lipinski definition) is 0. The molecule has 0 aliphatic rings. The van der Waals surface area contributed by atoms with E-state index in [9.17, 15) is 17.2 Å². The summed E-state index contributed by atoms with van der Waals surface area (Å²) in [4.78, 5) is -0.882. The van der Waals surface area contributed by atoms with Crippen molar-refractivity contribution in [3.8, 4) is 5.75 Å². The summed E-state index contributed by atoms with van der Waals surface area (Å²) in [5.41, 5.74) is 0. The zero-order chi connectivity index (χ0) is 15.2. The summed E-state index contributed by atoms with van der Waals surface area (Å²) >= 11 is 0. The molecule has 1 aromatic carbocycles. The number of unbranched alkanes of at least 4 members (excludes halogenated alkanes) is 4. The van der Waals surface area contributed by atoms with E-state index in [0.717, 1.165) is 44.2 Å². The molecule has 0 atom stereocenters. The van der Waals surface area contributed by atoms with Gasteiger partial charge < -0.3 is 4.74 Å². The van der Waals surface area contributed by atoms with Crippen molar-refractivity contribution < 1.29 is 21.9 Å². The summed E-state index contributed by atoms with van der Waals surface area (Å²) < 4.78 is 54.2. The third-order valence-corrected chi connectivity index (χ3v) is 4.12. The molecule has 0 aliphatic heterocycles. The molecule has 0 unspecified atom stereocenters. The Balaban J connectivity index is 2.63. The Morgan fingerprint density at radius 1 is 1.10 bits per heavy atom. The molecule has 0 heterocycles. The van der Waals surface area contributed by atoms with Crippen LogP contribution in [0.1, 0.15) is 39.0 Å². The smallest absolute Gasteiger partial charge is 0.264 e. The molecule has 3 nitrogen and oxygen atoms in total. The zero-order valence-corrected chi connectivity index (χ0v) is 12.7. The number of halogens is 3. The van der Waals surface area contributed by atoms with Crippen molar-refractivity contribution >= 4 is 19.7 Å². The lowest BCUT2D eigenvalue weighted by Crippen LogP contribution is -2.04. The van der Waals surface area contributed by atoms with E-state index in [2.05, 4.69) is 6.92 Å². The second-order valence-corrected chi connectivity index (χ2v) is 6.92. The number of hydrogen-bond acceptors (Lipinski definition) is 3. The van der Waals surface area contributed by atoms with Gasteiger partial charge in [-0.15, -0.1) is 0 Å². The molecule has 0 aliphatic carbocycles. The number of rotatable bonds is 8. The maximum absolute atomic E-state index is 13.6. The van der Waals surface area contributed by atoms with E-state index in [0.29, 0.717) is 0 Å². The van der Waals surface area contributed by atoms with Crippen molar-refractivity contribution in [3.05, 3.63) is 23.8 Å². The van der Waals surface area contributed by atoms with Gasteiger partial charge in [0.25, 0.3) is 9.05 Å². The fourth-order valence-electron chi connectivity index (χ4n) is 1.70. The minimum atomic E-state index is -4.31. The lowest BCUT2D eigenvalue weighted by Gasteiger charge is -2.09. The Kier molecular flexibility index (Phi) is 6.68. The molecule has 0 saturated heterocycles. The fraction of sp³-hybridized carbons (Fsp3) is 0.538. The van der Waals surface area contributed by atoms with Gasteiger partial charge >= 0.3 is 0 Å². The van der Waals surface area contributed by atoms with Crippen molar-refractivity contribution in [2.75, 3.05) is 6.61 Å². The van der Waals surface area contributed by atoms with Gasteiger partial charge in [0.15, 0.2) is 11.6 Å². The first-order valence-electron chi connectivity index (χ1n) is 6.43. The van der Waals surface area contributed by atoms with E-state index in [-0.39, 0.29) is 12.4 Å². The highest BCUT2D eigenvalue weighted by atomic mass is 35.7. The van der Waals surface area contributed by atoms with Gasteiger partial charge in [0.1, 0.15) is 4.90 Å². The zero-order valence-electron chi connectivity index (χ0n) is 11.2. The van der Waals surface area contributed by atoms with Gasteiger partial charge in [0.05, 0.1) is 6.61 Å². The minimum Gasteiger partial charge on any atom is -0.490 e. The van der Waals surface area contributed by atoms with Crippen LogP contribution in [0.25, 0.3) is 0 Å². The van der Waals surface area contributed by atoms with Crippen LogP contribution in [0.15, 0.2) is 17.0 Å². The Labute approximate surface area is 122 Å². The predicted molar refractivity (Wildman–Crippen MR) is 73.7 cm³/mol. The van der Waals surface area contributed by atoms with Crippen molar-refractivity contribution in [2.24, 2.45) is 0 Å². The monoisotopic (exact) mass is 326 g/mol. The van der Waals surface area contributed by atoms with Crippen LogP contribution >= 0.6 is 10.7 Å². The fourth-order valence-corrected chi connectivity index (χ4v) is 2.59. The lowest BCUT2D eigenvalue weighted by atomic mass is 10.2. The molecule has 0 fully saturated rings. The Morgan fingerprint density at radius 3 is 2.35 bits per heavy atom. The Hall–Kier alpha value is -0.880. The summed E-state index contributed by atoms with van der Waals surface area (Å²) in [5, 5.41) is 0. The lowest BCUT2D eigenvalue weighted by molar-refractivity contribution is 0.283. The van der Waals surface area contributed by atoms with Crippen molar-refractivity contribution in [3.63, 3.8) is 0 Å². The molecule has 0 N–H and O–H groups in total. The Bertz CT molecular complexity index is 547. The SMILES string of the molecule is CCCCCCCOc1ccc(S(=O)(=O)Cl)c(F)c1F. The molecule has 20 heavy (non-hydrogen) atoms. The quantitative estimate of drug-likeness (QED) is 0.530. The van der Waals surface area contributed by atoms with Crippen molar-refractivity contribution in [1.29, 1.82) is 0 Å². The average Bonchev–Trinajstić information content (AvgIpc) is 2.37. The maximum atomic E-state index is 13.6. The van der Waals surface area contributed by atoms with Crippen LogP contribution in [0.4, 0.5) is 8.78 Å². The van der Waals surface area contributed by atoms with Crippen LogP contribution in [-0.2, 0) is 9.05 Å². The van der Waals surface area contributed by atoms with Crippen LogP contribution < -0.4 is 4.74 Å². The summed E-state index contributed by atoms with van der Waals surface area (Å²) in [7, 11) is 0.682. The first-order valence-corrected chi connectivity index (χ1v) is 8.74. The normalized spacial score (nSPS) is 11.6. The van der Waals surface area contributed by atoms with E-state index in [1.54, 1.807) is 0 Å². The molecule has 0 aromatic heterocycles. The van der Waals surface area contributed by atoms with E-state index >= 15 is 0 Å². The van der Waals surface area contributed by atoms with Crippen molar-refractivity contribution in [2.45, 2.75) is 43.9 Å². The third-order valence-electron chi connectivity index (χ3n) is 2.78. The van der Waals surface area contributed by atoms with Gasteiger partial charge in [0.2, 0.25) is 5.82 Å². The first-order chi connectivity index (χ1) is 9.38. The first kappa shape index (κ1) is 17.2. The molecule has 7 heteroatoms.